The molecule has 0 aromatic carbocycles. The number of aliphatic hydroxyl groups excluding tert-OH is 1. The van der Waals surface area contributed by atoms with E-state index in [4.69, 9.17) is 10.1 Å². The average Bonchev–Trinajstić information content (AvgIpc) is 3.28. The molecule has 4 rings (SSSR count). The molecule has 2 aromatic heterocycles. The number of aromatic nitrogens is 4. The molecule has 0 spiro atoms. The van der Waals surface area contributed by atoms with Gasteiger partial charge in [-0.25, -0.2) is 9.67 Å². The highest BCUT2D eigenvalue weighted by atomic mass is 16.3. The molecule has 2 aliphatic rings. The van der Waals surface area contributed by atoms with Gasteiger partial charge in [0.2, 0.25) is 0 Å². The zero-order chi connectivity index (χ0) is 14.2. The third-order valence-electron chi connectivity index (χ3n) is 4.47. The molecule has 2 aliphatic carbocycles. The molecule has 109 valence electrons. The third-order valence-corrected chi connectivity index (χ3v) is 4.47. The third kappa shape index (κ3) is 2.58. The molecule has 2 heterocycles. The molecular formula is C16H19N4O. The molecule has 21 heavy (non-hydrogen) atoms. The lowest BCUT2D eigenvalue weighted by atomic mass is 9.87. The molecule has 0 saturated heterocycles. The van der Waals surface area contributed by atoms with Crippen molar-refractivity contribution in [3.8, 4) is 11.4 Å². The Kier molecular flexibility index (Phi) is 3.22. The van der Waals surface area contributed by atoms with Crippen LogP contribution < -0.4 is 0 Å². The molecule has 1 N–H and O–H groups in total. The van der Waals surface area contributed by atoms with Crippen LogP contribution in [0, 0.1) is 6.07 Å². The Balaban J connectivity index is 1.67. The van der Waals surface area contributed by atoms with Gasteiger partial charge in [0, 0.05) is 29.9 Å². The van der Waals surface area contributed by atoms with Crippen molar-refractivity contribution in [2.45, 2.75) is 56.6 Å². The molecule has 0 aliphatic heterocycles. The summed E-state index contributed by atoms with van der Waals surface area (Å²) in [6.45, 7) is 0. The van der Waals surface area contributed by atoms with Gasteiger partial charge in [0.1, 0.15) is 5.82 Å². The van der Waals surface area contributed by atoms with Crippen LogP contribution in [0.3, 0.4) is 0 Å². The summed E-state index contributed by atoms with van der Waals surface area (Å²) in [7, 11) is 0. The summed E-state index contributed by atoms with van der Waals surface area (Å²) in [5.74, 6) is 2.28. The maximum atomic E-state index is 9.69. The number of hydrogen-bond acceptors (Lipinski definition) is 4. The molecule has 0 atom stereocenters. The fourth-order valence-electron chi connectivity index (χ4n) is 3.11. The van der Waals surface area contributed by atoms with Crippen LogP contribution in [0.25, 0.3) is 11.4 Å². The summed E-state index contributed by atoms with van der Waals surface area (Å²) in [6, 6.07) is 5.39. The molecule has 5 nitrogen and oxygen atoms in total. The summed E-state index contributed by atoms with van der Waals surface area (Å²) >= 11 is 0. The van der Waals surface area contributed by atoms with Gasteiger partial charge in [0.25, 0.3) is 0 Å². The Morgan fingerprint density at radius 2 is 1.95 bits per heavy atom. The quantitative estimate of drug-likeness (QED) is 0.940. The van der Waals surface area contributed by atoms with E-state index in [0.717, 1.165) is 42.9 Å². The normalized spacial score (nSPS) is 26.0. The monoisotopic (exact) mass is 283 g/mol. The first-order chi connectivity index (χ1) is 10.3. The van der Waals surface area contributed by atoms with Crippen molar-refractivity contribution in [3.05, 3.63) is 30.4 Å². The van der Waals surface area contributed by atoms with Crippen LogP contribution in [0.5, 0.6) is 0 Å². The van der Waals surface area contributed by atoms with E-state index >= 15 is 0 Å². The van der Waals surface area contributed by atoms with Crippen LogP contribution in [-0.4, -0.2) is 31.0 Å². The average molecular weight is 283 g/mol. The van der Waals surface area contributed by atoms with Gasteiger partial charge in [0.15, 0.2) is 5.82 Å². The van der Waals surface area contributed by atoms with Crippen molar-refractivity contribution < 1.29 is 5.11 Å². The maximum Gasteiger partial charge on any atom is 0.182 e. The Morgan fingerprint density at radius 3 is 2.62 bits per heavy atom. The molecule has 2 fully saturated rings. The molecule has 1 radical (unpaired) electrons. The summed E-state index contributed by atoms with van der Waals surface area (Å²) in [6.07, 6.45) is 9.45. The van der Waals surface area contributed by atoms with Gasteiger partial charge in [-0.3, -0.25) is 4.98 Å². The second kappa shape index (κ2) is 5.22. The van der Waals surface area contributed by atoms with Crippen LogP contribution in [0.4, 0.5) is 0 Å². The Hall–Kier alpha value is -1.75. The standard InChI is InChI=1S/C16H19N4O/c21-14-7-3-11(4-8-14)16-18-15(12-2-1-9-17-10-12)19-20(16)13-5-6-13/h2,9-11,13-14,21H,3-8H2. The van der Waals surface area contributed by atoms with Gasteiger partial charge in [-0.1, -0.05) is 0 Å². The van der Waals surface area contributed by atoms with Crippen molar-refractivity contribution in [3.63, 3.8) is 0 Å². The molecule has 0 bridgehead atoms. The van der Waals surface area contributed by atoms with Crippen LogP contribution in [0.1, 0.15) is 56.3 Å². The minimum Gasteiger partial charge on any atom is -0.393 e. The van der Waals surface area contributed by atoms with Crippen molar-refractivity contribution in [2.75, 3.05) is 0 Å². The van der Waals surface area contributed by atoms with Gasteiger partial charge in [-0.15, -0.1) is 0 Å². The molecule has 2 saturated carbocycles. The second-order valence-corrected chi connectivity index (χ2v) is 6.15. The zero-order valence-corrected chi connectivity index (χ0v) is 11.9. The van der Waals surface area contributed by atoms with Crippen molar-refractivity contribution in [1.29, 1.82) is 0 Å². The lowest BCUT2D eigenvalue weighted by Gasteiger charge is -2.24. The fraction of sp³-hybridized carbons (Fsp3) is 0.562. The lowest BCUT2D eigenvalue weighted by Crippen LogP contribution is -2.19. The first-order valence-corrected chi connectivity index (χ1v) is 7.77. The molecule has 5 heteroatoms. The van der Waals surface area contributed by atoms with Crippen LogP contribution in [0.15, 0.2) is 18.5 Å². The van der Waals surface area contributed by atoms with Gasteiger partial charge in [-0.05, 0) is 44.6 Å². The van der Waals surface area contributed by atoms with E-state index in [2.05, 4.69) is 15.7 Å². The predicted octanol–water partition coefficient (Wildman–Crippen LogP) is 2.49. The molecule has 2 aromatic rings. The molecule has 0 amide bonds. The number of pyridine rings is 1. The van der Waals surface area contributed by atoms with Crippen molar-refractivity contribution in [2.24, 2.45) is 0 Å². The lowest BCUT2D eigenvalue weighted by molar-refractivity contribution is 0.120. The summed E-state index contributed by atoms with van der Waals surface area (Å²) < 4.78 is 2.13. The number of aliphatic hydroxyl groups is 1. The SMILES string of the molecule is OC1CCC(c2nc(-c3c[c]cnc3)nn2C2CC2)CC1. The minimum absolute atomic E-state index is 0.133. The summed E-state index contributed by atoms with van der Waals surface area (Å²) in [4.78, 5) is 8.91. The fourth-order valence-corrected chi connectivity index (χ4v) is 3.11. The van der Waals surface area contributed by atoms with E-state index in [1.807, 2.05) is 6.07 Å². The highest BCUT2D eigenvalue weighted by molar-refractivity contribution is 5.52. The van der Waals surface area contributed by atoms with Crippen LogP contribution >= 0.6 is 0 Å². The smallest absolute Gasteiger partial charge is 0.182 e. The van der Waals surface area contributed by atoms with Gasteiger partial charge in [-0.2, -0.15) is 5.10 Å². The van der Waals surface area contributed by atoms with E-state index < -0.39 is 0 Å². The van der Waals surface area contributed by atoms with E-state index in [1.54, 1.807) is 12.4 Å². The van der Waals surface area contributed by atoms with Gasteiger partial charge in [0.05, 0.1) is 12.1 Å². The van der Waals surface area contributed by atoms with Crippen LogP contribution in [0.2, 0.25) is 0 Å². The molecule has 0 unspecified atom stereocenters. The summed E-state index contributed by atoms with van der Waals surface area (Å²) in [5, 5.41) is 14.4. The Morgan fingerprint density at radius 1 is 1.14 bits per heavy atom. The number of hydrogen-bond donors (Lipinski definition) is 1. The maximum absolute atomic E-state index is 9.69. The van der Waals surface area contributed by atoms with E-state index in [0.29, 0.717) is 12.0 Å². The Labute approximate surface area is 124 Å². The van der Waals surface area contributed by atoms with Gasteiger partial charge < -0.3 is 5.11 Å². The number of nitrogens with zero attached hydrogens (tertiary/aromatic N) is 4. The second-order valence-electron chi connectivity index (χ2n) is 6.15. The van der Waals surface area contributed by atoms with Gasteiger partial charge >= 0.3 is 0 Å². The zero-order valence-electron chi connectivity index (χ0n) is 11.9. The minimum atomic E-state index is -0.133. The van der Waals surface area contributed by atoms with Crippen molar-refractivity contribution >= 4 is 0 Å². The topological polar surface area (TPSA) is 63.8 Å². The first-order valence-electron chi connectivity index (χ1n) is 7.77. The predicted molar refractivity (Wildman–Crippen MR) is 77.6 cm³/mol. The first kappa shape index (κ1) is 13.0. The van der Waals surface area contributed by atoms with E-state index in [1.165, 1.54) is 12.8 Å². The van der Waals surface area contributed by atoms with E-state index in [9.17, 15) is 5.11 Å². The van der Waals surface area contributed by atoms with E-state index in [-0.39, 0.29) is 6.10 Å². The largest absolute Gasteiger partial charge is 0.393 e. The molecular weight excluding hydrogens is 264 g/mol. The van der Waals surface area contributed by atoms with Crippen LogP contribution in [-0.2, 0) is 0 Å². The Bertz CT molecular complexity index is 612. The summed E-state index contributed by atoms with van der Waals surface area (Å²) in [5.41, 5.74) is 0.925. The highest BCUT2D eigenvalue weighted by Gasteiger charge is 2.32. The van der Waals surface area contributed by atoms with Crippen molar-refractivity contribution in [1.82, 2.24) is 19.7 Å². The highest BCUT2D eigenvalue weighted by Crippen LogP contribution is 2.40. The number of rotatable bonds is 3.